The first-order valence-corrected chi connectivity index (χ1v) is 5.87. The number of piperidine rings is 1. The van der Waals surface area contributed by atoms with Gasteiger partial charge in [-0.25, -0.2) is 9.97 Å². The zero-order valence-electron chi connectivity index (χ0n) is 8.27. The molecule has 1 aromatic rings. The summed E-state index contributed by atoms with van der Waals surface area (Å²) in [5, 5.41) is 0. The van der Waals surface area contributed by atoms with Crippen molar-refractivity contribution in [3.8, 4) is 0 Å². The monoisotopic (exact) mass is 269 g/mol. The Kier molecular flexibility index (Phi) is 3.30. The number of rotatable bonds is 1. The van der Waals surface area contributed by atoms with E-state index < -0.39 is 0 Å². The van der Waals surface area contributed by atoms with Gasteiger partial charge in [0, 0.05) is 30.3 Å². The Balaban J connectivity index is 2.03. The van der Waals surface area contributed by atoms with Crippen molar-refractivity contribution in [2.75, 3.05) is 13.1 Å². The smallest absolute Gasteiger partial charge is 0.256 e. The zero-order valence-corrected chi connectivity index (χ0v) is 9.85. The van der Waals surface area contributed by atoms with Crippen LogP contribution in [0.15, 0.2) is 18.7 Å². The fourth-order valence-electron chi connectivity index (χ4n) is 1.64. The van der Waals surface area contributed by atoms with E-state index in [1.54, 1.807) is 12.4 Å². The summed E-state index contributed by atoms with van der Waals surface area (Å²) in [4.78, 5) is 22.0. The Morgan fingerprint density at radius 1 is 1.33 bits per heavy atom. The molecule has 0 spiro atoms. The van der Waals surface area contributed by atoms with Crippen LogP contribution in [-0.2, 0) is 0 Å². The third kappa shape index (κ3) is 2.53. The molecular weight excluding hydrogens is 258 g/mol. The number of amides is 1. The molecule has 0 N–H and O–H groups in total. The minimum Gasteiger partial charge on any atom is -0.338 e. The van der Waals surface area contributed by atoms with Crippen LogP contribution < -0.4 is 0 Å². The molecule has 80 valence electrons. The van der Waals surface area contributed by atoms with Crippen molar-refractivity contribution in [1.82, 2.24) is 14.9 Å². The lowest BCUT2D eigenvalue weighted by Gasteiger charge is -2.29. The molecule has 1 amide bonds. The second-order valence-corrected chi connectivity index (χ2v) is 4.89. The minimum atomic E-state index is 0.0370. The maximum absolute atomic E-state index is 11.9. The summed E-state index contributed by atoms with van der Waals surface area (Å²) in [6, 6.07) is 0. The van der Waals surface area contributed by atoms with E-state index in [0.717, 1.165) is 25.9 Å². The number of hydrogen-bond acceptors (Lipinski definition) is 3. The van der Waals surface area contributed by atoms with Crippen molar-refractivity contribution in [2.24, 2.45) is 0 Å². The van der Waals surface area contributed by atoms with E-state index in [9.17, 15) is 4.79 Å². The van der Waals surface area contributed by atoms with Crippen molar-refractivity contribution in [2.45, 2.75) is 17.7 Å². The molecule has 0 atom stereocenters. The topological polar surface area (TPSA) is 46.1 Å². The predicted octanol–water partition coefficient (Wildman–Crippen LogP) is 1.48. The van der Waals surface area contributed by atoms with Crippen LogP contribution in [0.2, 0.25) is 0 Å². The van der Waals surface area contributed by atoms with E-state index in [1.165, 1.54) is 6.33 Å². The summed E-state index contributed by atoms with van der Waals surface area (Å²) >= 11 is 3.56. The number of nitrogens with zero attached hydrogens (tertiary/aromatic N) is 3. The van der Waals surface area contributed by atoms with Gasteiger partial charge in [0.1, 0.15) is 6.33 Å². The average Bonchev–Trinajstić information content (AvgIpc) is 2.30. The molecule has 2 heterocycles. The van der Waals surface area contributed by atoms with Crippen LogP contribution in [0.1, 0.15) is 23.2 Å². The number of carbonyl (C=O) groups excluding carboxylic acids is 1. The van der Waals surface area contributed by atoms with Gasteiger partial charge >= 0.3 is 0 Å². The highest BCUT2D eigenvalue weighted by Gasteiger charge is 2.22. The van der Waals surface area contributed by atoms with Crippen LogP contribution in [-0.4, -0.2) is 38.7 Å². The molecule has 1 aliphatic rings. The van der Waals surface area contributed by atoms with Crippen LogP contribution >= 0.6 is 15.9 Å². The molecule has 5 heteroatoms. The van der Waals surface area contributed by atoms with Gasteiger partial charge in [-0.15, -0.1) is 0 Å². The largest absolute Gasteiger partial charge is 0.338 e. The van der Waals surface area contributed by atoms with Gasteiger partial charge in [-0.1, -0.05) is 15.9 Å². The molecule has 1 saturated heterocycles. The lowest BCUT2D eigenvalue weighted by molar-refractivity contribution is 0.0727. The summed E-state index contributed by atoms with van der Waals surface area (Å²) in [5.41, 5.74) is 0.575. The van der Waals surface area contributed by atoms with Crippen molar-refractivity contribution < 1.29 is 4.79 Å². The lowest BCUT2D eigenvalue weighted by Crippen LogP contribution is -2.38. The Bertz CT molecular complexity index is 336. The number of carbonyl (C=O) groups is 1. The van der Waals surface area contributed by atoms with Crippen LogP contribution in [0.3, 0.4) is 0 Å². The molecule has 2 rings (SSSR count). The van der Waals surface area contributed by atoms with E-state index in [1.807, 2.05) is 4.90 Å². The molecule has 0 aromatic carbocycles. The van der Waals surface area contributed by atoms with E-state index in [2.05, 4.69) is 25.9 Å². The fraction of sp³-hybridized carbons (Fsp3) is 0.500. The standard InChI is InChI=1S/C10H12BrN3O/c11-9-1-3-14(4-2-9)10(15)8-5-12-7-13-6-8/h5-7,9H,1-4H2. The summed E-state index contributed by atoms with van der Waals surface area (Å²) in [5.74, 6) is 0.0370. The number of aromatic nitrogens is 2. The zero-order chi connectivity index (χ0) is 10.7. The highest BCUT2D eigenvalue weighted by molar-refractivity contribution is 9.09. The van der Waals surface area contributed by atoms with Gasteiger partial charge in [0.2, 0.25) is 0 Å². The maximum Gasteiger partial charge on any atom is 0.256 e. The third-order valence-corrected chi connectivity index (χ3v) is 3.43. The Morgan fingerprint density at radius 3 is 2.53 bits per heavy atom. The lowest BCUT2D eigenvalue weighted by atomic mass is 10.1. The number of halogens is 1. The molecule has 15 heavy (non-hydrogen) atoms. The second kappa shape index (κ2) is 4.70. The van der Waals surface area contributed by atoms with E-state index in [0.29, 0.717) is 10.4 Å². The van der Waals surface area contributed by atoms with Gasteiger partial charge in [-0.3, -0.25) is 4.79 Å². The van der Waals surface area contributed by atoms with Crippen LogP contribution in [0.25, 0.3) is 0 Å². The molecule has 4 nitrogen and oxygen atoms in total. The van der Waals surface area contributed by atoms with Gasteiger partial charge < -0.3 is 4.90 Å². The average molecular weight is 270 g/mol. The van der Waals surface area contributed by atoms with Crippen molar-refractivity contribution >= 4 is 21.8 Å². The molecule has 0 saturated carbocycles. The third-order valence-electron chi connectivity index (χ3n) is 2.52. The Morgan fingerprint density at radius 2 is 1.93 bits per heavy atom. The number of hydrogen-bond donors (Lipinski definition) is 0. The highest BCUT2D eigenvalue weighted by Crippen LogP contribution is 2.18. The number of alkyl halides is 1. The van der Waals surface area contributed by atoms with Crippen LogP contribution in [0.4, 0.5) is 0 Å². The van der Waals surface area contributed by atoms with Gasteiger partial charge in [0.15, 0.2) is 0 Å². The quantitative estimate of drug-likeness (QED) is 0.726. The van der Waals surface area contributed by atoms with Gasteiger partial charge in [0.25, 0.3) is 5.91 Å². The molecule has 0 bridgehead atoms. The normalized spacial score (nSPS) is 17.8. The summed E-state index contributed by atoms with van der Waals surface area (Å²) in [7, 11) is 0. The Hall–Kier alpha value is -0.970. The second-order valence-electron chi connectivity index (χ2n) is 3.59. The van der Waals surface area contributed by atoms with Gasteiger partial charge in [0.05, 0.1) is 5.56 Å². The van der Waals surface area contributed by atoms with E-state index in [4.69, 9.17) is 0 Å². The molecule has 0 radical (unpaired) electrons. The fourth-order valence-corrected chi connectivity index (χ4v) is 2.05. The molecule has 1 fully saturated rings. The Labute approximate surface area is 96.8 Å². The maximum atomic E-state index is 11.9. The first kappa shape index (κ1) is 10.5. The highest BCUT2D eigenvalue weighted by atomic mass is 79.9. The van der Waals surface area contributed by atoms with Crippen molar-refractivity contribution in [1.29, 1.82) is 0 Å². The number of likely N-dealkylation sites (tertiary alicyclic amines) is 1. The van der Waals surface area contributed by atoms with E-state index >= 15 is 0 Å². The first-order valence-electron chi connectivity index (χ1n) is 4.96. The summed E-state index contributed by atoms with van der Waals surface area (Å²) in [6.45, 7) is 1.62. The SMILES string of the molecule is O=C(c1cncnc1)N1CCC(Br)CC1. The van der Waals surface area contributed by atoms with Crippen LogP contribution in [0.5, 0.6) is 0 Å². The van der Waals surface area contributed by atoms with Crippen LogP contribution in [0, 0.1) is 0 Å². The minimum absolute atomic E-state index is 0.0370. The van der Waals surface area contributed by atoms with Gasteiger partial charge in [-0.2, -0.15) is 0 Å². The molecule has 1 aliphatic heterocycles. The summed E-state index contributed by atoms with van der Waals surface area (Å²) in [6.07, 6.45) is 6.59. The first-order chi connectivity index (χ1) is 7.27. The molecular formula is C10H12BrN3O. The van der Waals surface area contributed by atoms with Crippen molar-refractivity contribution in [3.05, 3.63) is 24.3 Å². The molecule has 1 aromatic heterocycles. The van der Waals surface area contributed by atoms with E-state index in [-0.39, 0.29) is 5.91 Å². The summed E-state index contributed by atoms with van der Waals surface area (Å²) < 4.78 is 0. The molecule has 0 aliphatic carbocycles. The van der Waals surface area contributed by atoms with Crippen molar-refractivity contribution in [3.63, 3.8) is 0 Å². The molecule has 0 unspecified atom stereocenters. The van der Waals surface area contributed by atoms with Gasteiger partial charge in [-0.05, 0) is 12.8 Å². The predicted molar refractivity (Wildman–Crippen MR) is 59.9 cm³/mol.